The molecule has 0 spiro atoms. The zero-order valence-electron chi connectivity index (χ0n) is 13.0. The summed E-state index contributed by atoms with van der Waals surface area (Å²) < 4.78 is 6.34. The molecule has 0 amide bonds. The summed E-state index contributed by atoms with van der Waals surface area (Å²) in [6, 6.07) is 6.86. The average molecular weight is 342 g/mol. The van der Waals surface area contributed by atoms with Crippen molar-refractivity contribution >= 4 is 15.9 Å². The van der Waals surface area contributed by atoms with Crippen LogP contribution in [-0.2, 0) is 0 Å². The van der Waals surface area contributed by atoms with Crippen molar-refractivity contribution in [3.63, 3.8) is 0 Å². The molecule has 0 radical (unpaired) electrons. The first-order chi connectivity index (χ1) is 9.72. The lowest BCUT2D eigenvalue weighted by Crippen LogP contribution is -2.22. The molecule has 0 aliphatic carbocycles. The van der Waals surface area contributed by atoms with Crippen LogP contribution in [0, 0.1) is 0 Å². The SMILES string of the molecule is CCCCCCC(NCCC)c1ccc(OC)c(Br)c1. The maximum atomic E-state index is 5.31. The lowest BCUT2D eigenvalue weighted by Gasteiger charge is -2.20. The highest BCUT2D eigenvalue weighted by molar-refractivity contribution is 9.10. The minimum absolute atomic E-state index is 0.453. The van der Waals surface area contributed by atoms with Gasteiger partial charge in [-0.2, -0.15) is 0 Å². The molecule has 0 bridgehead atoms. The highest BCUT2D eigenvalue weighted by atomic mass is 79.9. The van der Waals surface area contributed by atoms with Crippen molar-refractivity contribution in [3.8, 4) is 5.75 Å². The number of methoxy groups -OCH3 is 1. The van der Waals surface area contributed by atoms with E-state index in [1.807, 2.05) is 6.07 Å². The number of hydrogen-bond donors (Lipinski definition) is 1. The van der Waals surface area contributed by atoms with Gasteiger partial charge in [0.1, 0.15) is 5.75 Å². The molecule has 1 N–H and O–H groups in total. The Hall–Kier alpha value is -0.540. The Balaban J connectivity index is 2.68. The summed E-state index contributed by atoms with van der Waals surface area (Å²) in [6.45, 7) is 5.54. The summed E-state index contributed by atoms with van der Waals surface area (Å²) in [5, 5.41) is 3.67. The summed E-state index contributed by atoms with van der Waals surface area (Å²) in [5.74, 6) is 0.897. The molecule has 0 aromatic heterocycles. The van der Waals surface area contributed by atoms with E-state index in [1.165, 1.54) is 44.1 Å². The van der Waals surface area contributed by atoms with E-state index in [4.69, 9.17) is 4.74 Å². The van der Waals surface area contributed by atoms with E-state index in [-0.39, 0.29) is 0 Å². The lowest BCUT2D eigenvalue weighted by atomic mass is 9.99. The fraction of sp³-hybridized carbons (Fsp3) is 0.647. The third kappa shape index (κ3) is 5.84. The van der Waals surface area contributed by atoms with Crippen LogP contribution in [0.2, 0.25) is 0 Å². The summed E-state index contributed by atoms with van der Waals surface area (Å²) in [5.41, 5.74) is 1.35. The van der Waals surface area contributed by atoms with Crippen LogP contribution < -0.4 is 10.1 Å². The Bertz CT molecular complexity index is 381. The van der Waals surface area contributed by atoms with E-state index in [2.05, 4.69) is 47.2 Å². The first-order valence-corrected chi connectivity index (χ1v) is 8.59. The van der Waals surface area contributed by atoms with Crippen LogP contribution in [0.3, 0.4) is 0 Å². The maximum Gasteiger partial charge on any atom is 0.133 e. The van der Waals surface area contributed by atoms with Crippen LogP contribution in [0.5, 0.6) is 5.75 Å². The van der Waals surface area contributed by atoms with Crippen molar-refractivity contribution < 1.29 is 4.74 Å². The Morgan fingerprint density at radius 3 is 2.55 bits per heavy atom. The van der Waals surface area contributed by atoms with E-state index < -0.39 is 0 Å². The highest BCUT2D eigenvalue weighted by Crippen LogP contribution is 2.30. The fourth-order valence-corrected chi connectivity index (χ4v) is 2.94. The summed E-state index contributed by atoms with van der Waals surface area (Å²) in [7, 11) is 1.71. The molecule has 0 heterocycles. The van der Waals surface area contributed by atoms with Crippen LogP contribution in [0.1, 0.15) is 64.0 Å². The first-order valence-electron chi connectivity index (χ1n) is 7.79. The molecular formula is C17H28BrNO. The molecule has 2 nitrogen and oxygen atoms in total. The monoisotopic (exact) mass is 341 g/mol. The van der Waals surface area contributed by atoms with E-state index in [1.54, 1.807) is 7.11 Å². The molecule has 0 aliphatic heterocycles. The maximum absolute atomic E-state index is 5.31. The zero-order valence-corrected chi connectivity index (χ0v) is 14.6. The molecule has 114 valence electrons. The van der Waals surface area contributed by atoms with E-state index in [9.17, 15) is 0 Å². The van der Waals surface area contributed by atoms with Gasteiger partial charge in [-0.25, -0.2) is 0 Å². The summed E-state index contributed by atoms with van der Waals surface area (Å²) >= 11 is 3.58. The van der Waals surface area contributed by atoms with Crippen molar-refractivity contribution in [1.82, 2.24) is 5.32 Å². The van der Waals surface area contributed by atoms with Gasteiger partial charge >= 0.3 is 0 Å². The Labute approximate surface area is 132 Å². The largest absolute Gasteiger partial charge is 0.496 e. The van der Waals surface area contributed by atoms with Gasteiger partial charge in [0, 0.05) is 6.04 Å². The first kappa shape index (κ1) is 17.5. The van der Waals surface area contributed by atoms with Gasteiger partial charge in [0.2, 0.25) is 0 Å². The second kappa shape index (κ2) is 10.2. The topological polar surface area (TPSA) is 21.3 Å². The summed E-state index contributed by atoms with van der Waals surface area (Å²) in [6.07, 6.45) is 7.63. The molecule has 1 atom stereocenters. The van der Waals surface area contributed by atoms with Crippen LogP contribution in [0.4, 0.5) is 0 Å². The third-order valence-electron chi connectivity index (χ3n) is 3.57. The molecule has 0 aliphatic rings. The van der Waals surface area contributed by atoms with Crippen molar-refractivity contribution in [2.45, 2.75) is 58.4 Å². The highest BCUT2D eigenvalue weighted by Gasteiger charge is 2.12. The molecule has 0 fully saturated rings. The number of unbranched alkanes of at least 4 members (excludes halogenated alkanes) is 3. The van der Waals surface area contributed by atoms with Crippen molar-refractivity contribution in [1.29, 1.82) is 0 Å². The lowest BCUT2D eigenvalue weighted by molar-refractivity contribution is 0.411. The van der Waals surface area contributed by atoms with Gasteiger partial charge in [0.05, 0.1) is 11.6 Å². The molecular weight excluding hydrogens is 314 g/mol. The third-order valence-corrected chi connectivity index (χ3v) is 4.19. The minimum atomic E-state index is 0.453. The quantitative estimate of drug-likeness (QED) is 0.569. The second-order valence-corrected chi connectivity index (χ2v) is 6.10. The van der Waals surface area contributed by atoms with Crippen LogP contribution in [0.15, 0.2) is 22.7 Å². The standard InChI is InChI=1S/C17H28BrNO/c1-4-6-7-8-9-16(19-12-5-2)14-10-11-17(20-3)15(18)13-14/h10-11,13,16,19H,4-9,12H2,1-3H3. The number of hydrogen-bond acceptors (Lipinski definition) is 2. The van der Waals surface area contributed by atoms with Crippen LogP contribution in [-0.4, -0.2) is 13.7 Å². The van der Waals surface area contributed by atoms with Gasteiger partial charge in [-0.1, -0.05) is 45.6 Å². The number of halogens is 1. The fourth-order valence-electron chi connectivity index (χ4n) is 2.38. The molecule has 0 saturated heterocycles. The number of rotatable bonds is 10. The molecule has 1 aromatic rings. The Morgan fingerprint density at radius 1 is 1.15 bits per heavy atom. The molecule has 0 saturated carbocycles. The second-order valence-electron chi connectivity index (χ2n) is 5.25. The Kier molecular flexibility index (Phi) is 8.95. The number of ether oxygens (including phenoxy) is 1. The van der Waals surface area contributed by atoms with Gasteiger partial charge in [-0.3, -0.25) is 0 Å². The summed E-state index contributed by atoms with van der Waals surface area (Å²) in [4.78, 5) is 0. The van der Waals surface area contributed by atoms with Gasteiger partial charge in [0.15, 0.2) is 0 Å². The molecule has 20 heavy (non-hydrogen) atoms. The number of benzene rings is 1. The molecule has 1 aromatic carbocycles. The number of nitrogens with one attached hydrogen (secondary N) is 1. The van der Waals surface area contributed by atoms with Crippen LogP contribution >= 0.6 is 15.9 Å². The van der Waals surface area contributed by atoms with Crippen molar-refractivity contribution in [2.75, 3.05) is 13.7 Å². The zero-order chi connectivity index (χ0) is 14.8. The van der Waals surface area contributed by atoms with Crippen molar-refractivity contribution in [2.24, 2.45) is 0 Å². The minimum Gasteiger partial charge on any atom is -0.496 e. The van der Waals surface area contributed by atoms with Gasteiger partial charge in [0.25, 0.3) is 0 Å². The van der Waals surface area contributed by atoms with E-state index in [0.29, 0.717) is 6.04 Å². The molecule has 1 rings (SSSR count). The predicted octanol–water partition coefficient (Wildman–Crippen LogP) is 5.47. The van der Waals surface area contributed by atoms with E-state index >= 15 is 0 Å². The van der Waals surface area contributed by atoms with Gasteiger partial charge < -0.3 is 10.1 Å². The van der Waals surface area contributed by atoms with Crippen molar-refractivity contribution in [3.05, 3.63) is 28.2 Å². The van der Waals surface area contributed by atoms with Gasteiger partial charge in [-0.05, 0) is 53.0 Å². The van der Waals surface area contributed by atoms with E-state index in [0.717, 1.165) is 16.8 Å². The van der Waals surface area contributed by atoms with Gasteiger partial charge in [-0.15, -0.1) is 0 Å². The molecule has 1 unspecified atom stereocenters. The normalized spacial score (nSPS) is 12.4. The predicted molar refractivity (Wildman–Crippen MR) is 90.5 cm³/mol. The average Bonchev–Trinajstić information content (AvgIpc) is 2.46. The smallest absolute Gasteiger partial charge is 0.133 e. The Morgan fingerprint density at radius 2 is 1.95 bits per heavy atom. The van der Waals surface area contributed by atoms with Crippen LogP contribution in [0.25, 0.3) is 0 Å². The molecule has 3 heteroatoms.